The summed E-state index contributed by atoms with van der Waals surface area (Å²) >= 11 is 0. The topological polar surface area (TPSA) is 109 Å². The fourth-order valence-corrected chi connectivity index (χ4v) is 4.30. The number of allylic oxidation sites excluding steroid dienone is 4. The van der Waals surface area contributed by atoms with Crippen molar-refractivity contribution in [3.05, 3.63) is 47.9 Å². The standard InChI is InChI=1S/2C5H5O3SSi.Zn/c2*6-9(7,8)5-3-1-2-4-10-5;/h2*1-4H,(H,6,7,8);. The molecule has 0 aromatic carbocycles. The first-order chi connectivity index (χ1) is 9.21. The van der Waals surface area contributed by atoms with Crippen LogP contribution >= 0.6 is 0 Å². The Morgan fingerprint density at radius 1 is 0.714 bits per heavy atom. The van der Waals surface area contributed by atoms with Crippen molar-refractivity contribution >= 4 is 47.5 Å². The van der Waals surface area contributed by atoms with Gasteiger partial charge in [-0.2, -0.15) is 16.8 Å². The first-order valence-electron chi connectivity index (χ1n) is 5.09. The summed E-state index contributed by atoms with van der Waals surface area (Å²) in [6, 6.07) is 0. The summed E-state index contributed by atoms with van der Waals surface area (Å²) in [5.41, 5.74) is 3.40. The summed E-state index contributed by atoms with van der Waals surface area (Å²) in [6.07, 6.45) is 9.45. The molecule has 108 valence electrons. The molecular weight excluding hydrogens is 402 g/mol. The molecular formula is C10H10O6S2Si2Zn. The Bertz CT molecular complexity index is 691. The van der Waals surface area contributed by atoms with Crippen molar-refractivity contribution in [2.24, 2.45) is 0 Å². The van der Waals surface area contributed by atoms with E-state index in [4.69, 9.17) is 9.11 Å². The molecule has 2 N–H and O–H groups in total. The van der Waals surface area contributed by atoms with Crippen LogP contribution < -0.4 is 0 Å². The molecule has 6 nitrogen and oxygen atoms in total. The second-order valence-corrected chi connectivity index (χ2v) is 9.23. The summed E-state index contributed by atoms with van der Waals surface area (Å²) in [5.74, 6) is 0. The molecule has 0 aliphatic carbocycles. The third kappa shape index (κ3) is 7.95. The monoisotopic (exact) mass is 410 g/mol. The summed E-state index contributed by atoms with van der Waals surface area (Å²) in [6.45, 7) is 0. The Labute approximate surface area is 140 Å². The van der Waals surface area contributed by atoms with Crippen LogP contribution in [0, 0.1) is 0 Å². The molecule has 2 rings (SSSR count). The molecule has 0 amide bonds. The average molecular weight is 412 g/mol. The van der Waals surface area contributed by atoms with Gasteiger partial charge in [-0.3, -0.25) is 9.11 Å². The minimum atomic E-state index is -3.93. The normalized spacial score (nSPS) is 16.3. The molecule has 21 heavy (non-hydrogen) atoms. The van der Waals surface area contributed by atoms with Crippen molar-refractivity contribution in [2.45, 2.75) is 0 Å². The molecule has 2 aliphatic rings. The Balaban J connectivity index is 0.000000364. The SMILES string of the molecule is O=S(=O)(O)C1=[Si]C=CC=C1.O=S(=O)(O)C1=[Si]C=CC=C1.[Zn]. The maximum Gasteiger partial charge on any atom is 0.290 e. The molecule has 2 aliphatic heterocycles. The van der Waals surface area contributed by atoms with Crippen LogP contribution in [0.25, 0.3) is 0 Å². The molecule has 0 saturated heterocycles. The van der Waals surface area contributed by atoms with Crippen LogP contribution in [0.1, 0.15) is 0 Å². The van der Waals surface area contributed by atoms with Gasteiger partial charge in [-0.05, 0) is 12.2 Å². The van der Waals surface area contributed by atoms with E-state index in [1.807, 2.05) is 0 Å². The molecule has 0 atom stereocenters. The van der Waals surface area contributed by atoms with Crippen LogP contribution in [0.4, 0.5) is 0 Å². The van der Waals surface area contributed by atoms with Gasteiger partial charge in [0.1, 0.15) is 0 Å². The quantitative estimate of drug-likeness (QED) is 0.472. The van der Waals surface area contributed by atoms with E-state index in [2.05, 4.69) is 0 Å². The van der Waals surface area contributed by atoms with Gasteiger partial charge in [0, 0.05) is 19.5 Å². The molecule has 0 spiro atoms. The van der Waals surface area contributed by atoms with Gasteiger partial charge >= 0.3 is 0 Å². The van der Waals surface area contributed by atoms with E-state index in [0.717, 1.165) is 0 Å². The number of rotatable bonds is 2. The van der Waals surface area contributed by atoms with Crippen LogP contribution in [-0.4, -0.2) is 53.2 Å². The van der Waals surface area contributed by atoms with Gasteiger partial charge in [0.05, 0.1) is 27.3 Å². The molecule has 0 fully saturated rings. The minimum absolute atomic E-state index is 0. The van der Waals surface area contributed by atoms with Gasteiger partial charge in [0.15, 0.2) is 0 Å². The van der Waals surface area contributed by atoms with Crippen molar-refractivity contribution in [2.75, 3.05) is 0 Å². The van der Waals surface area contributed by atoms with Crippen molar-refractivity contribution < 1.29 is 45.4 Å². The van der Waals surface area contributed by atoms with Gasteiger partial charge in [0.25, 0.3) is 20.2 Å². The maximum absolute atomic E-state index is 10.4. The molecule has 0 aromatic rings. The van der Waals surface area contributed by atoms with E-state index in [1.54, 1.807) is 35.7 Å². The van der Waals surface area contributed by atoms with E-state index in [1.165, 1.54) is 12.2 Å². The molecule has 2 heterocycles. The second kappa shape index (κ2) is 8.88. The number of hydrogen-bond acceptors (Lipinski definition) is 4. The molecule has 0 saturated carbocycles. The van der Waals surface area contributed by atoms with E-state index in [0.29, 0.717) is 0 Å². The fraction of sp³-hybridized carbons (Fsp3) is 0. The van der Waals surface area contributed by atoms with Gasteiger partial charge in [-0.1, -0.05) is 35.7 Å². The van der Waals surface area contributed by atoms with Crippen LogP contribution in [-0.2, 0) is 39.7 Å². The van der Waals surface area contributed by atoms with E-state index in [9.17, 15) is 16.8 Å². The number of hydrogen-bond donors (Lipinski definition) is 2. The molecule has 0 aromatic heterocycles. The first-order valence-corrected chi connectivity index (χ1v) is 10.1. The zero-order valence-electron chi connectivity index (χ0n) is 10.7. The van der Waals surface area contributed by atoms with Crippen LogP contribution in [0.3, 0.4) is 0 Å². The van der Waals surface area contributed by atoms with Crippen molar-refractivity contribution in [1.29, 1.82) is 0 Å². The van der Waals surface area contributed by atoms with Crippen molar-refractivity contribution in [3.8, 4) is 0 Å². The maximum atomic E-state index is 10.4. The van der Waals surface area contributed by atoms with Crippen LogP contribution in [0.5, 0.6) is 0 Å². The van der Waals surface area contributed by atoms with Gasteiger partial charge in [0.2, 0.25) is 0 Å². The predicted molar refractivity (Wildman–Crippen MR) is 81.2 cm³/mol. The third-order valence-corrected chi connectivity index (χ3v) is 7.18. The predicted octanol–water partition coefficient (Wildman–Crippen LogP) is -0.419. The van der Waals surface area contributed by atoms with E-state index >= 15 is 0 Å². The largest absolute Gasteiger partial charge is 0.290 e. The third-order valence-electron chi connectivity index (χ3n) is 1.92. The first kappa shape index (κ1) is 20.6. The summed E-state index contributed by atoms with van der Waals surface area (Å²) in [5, 5.41) is 0. The molecule has 0 bridgehead atoms. The average Bonchev–Trinajstić information content (AvgIpc) is 2.40. The fourth-order valence-electron chi connectivity index (χ4n) is 1.07. The minimum Gasteiger partial charge on any atom is -0.282 e. The molecule has 2 radical (unpaired) electrons. The zero-order chi connectivity index (χ0) is 15.2. The van der Waals surface area contributed by atoms with Crippen LogP contribution in [0.2, 0.25) is 0 Å². The Hall–Kier alpha value is -0.423. The van der Waals surface area contributed by atoms with Crippen molar-refractivity contribution in [3.63, 3.8) is 0 Å². The summed E-state index contributed by atoms with van der Waals surface area (Å²) < 4.78 is 58.9. The van der Waals surface area contributed by atoms with E-state index in [-0.39, 0.29) is 46.7 Å². The smallest absolute Gasteiger partial charge is 0.282 e. The molecule has 11 heteroatoms. The zero-order valence-corrected chi connectivity index (χ0v) is 17.3. The Kier molecular flexibility index (Phi) is 8.71. The van der Waals surface area contributed by atoms with E-state index < -0.39 is 20.2 Å². The Morgan fingerprint density at radius 2 is 1.05 bits per heavy atom. The summed E-state index contributed by atoms with van der Waals surface area (Å²) in [7, 11) is -7.76. The van der Waals surface area contributed by atoms with Crippen molar-refractivity contribution in [1.82, 2.24) is 0 Å². The van der Waals surface area contributed by atoms with Gasteiger partial charge < -0.3 is 0 Å². The Morgan fingerprint density at radius 3 is 1.19 bits per heavy atom. The summed E-state index contributed by atoms with van der Waals surface area (Å²) in [4.78, 5) is 0. The molecule has 0 unspecified atom stereocenters. The van der Waals surface area contributed by atoms with Crippen LogP contribution in [0.15, 0.2) is 47.9 Å². The second-order valence-electron chi connectivity index (χ2n) is 3.40. The van der Waals surface area contributed by atoms with Gasteiger partial charge in [-0.15, -0.1) is 0 Å². The van der Waals surface area contributed by atoms with Gasteiger partial charge in [-0.25, -0.2) is 0 Å².